The van der Waals surface area contributed by atoms with Crippen molar-refractivity contribution in [3.05, 3.63) is 30.3 Å². The number of ketones is 1. The van der Waals surface area contributed by atoms with Crippen molar-refractivity contribution in [3.63, 3.8) is 0 Å². The minimum absolute atomic E-state index is 0.00670. The van der Waals surface area contributed by atoms with Crippen LogP contribution in [0.3, 0.4) is 0 Å². The van der Waals surface area contributed by atoms with E-state index in [0.717, 1.165) is 0 Å². The molecule has 0 spiro atoms. The molecule has 0 aliphatic heterocycles. The second-order valence-electron chi connectivity index (χ2n) is 4.49. The van der Waals surface area contributed by atoms with E-state index in [9.17, 15) is 9.36 Å². The van der Waals surface area contributed by atoms with Crippen molar-refractivity contribution in [2.45, 2.75) is 39.7 Å². The molecule has 112 valence electrons. The average Bonchev–Trinajstić information content (AvgIpc) is 2.45. The summed E-state index contributed by atoms with van der Waals surface area (Å²) >= 11 is 0. The van der Waals surface area contributed by atoms with Gasteiger partial charge in [0.2, 0.25) is 0 Å². The molecule has 0 bridgehead atoms. The third-order valence-corrected chi connectivity index (χ3v) is 4.55. The van der Waals surface area contributed by atoms with Gasteiger partial charge < -0.3 is 4.52 Å². The van der Waals surface area contributed by atoms with Crippen LogP contribution < -0.4 is 10.0 Å². The van der Waals surface area contributed by atoms with E-state index in [-0.39, 0.29) is 11.9 Å². The standard InChI is InChI=1S/C14H22NO4P/c1-4-11-20(17,18-13-9-7-6-8-10-13)19-15-12(3)14(16)5-2/h6-10,12,15H,4-5,11H2,1-3H3/t12-,20?/m1/s1. The van der Waals surface area contributed by atoms with Gasteiger partial charge in [0.15, 0.2) is 5.78 Å². The highest BCUT2D eigenvalue weighted by Gasteiger charge is 2.27. The molecule has 0 aliphatic rings. The molecule has 2 atom stereocenters. The average molecular weight is 299 g/mol. The molecule has 1 unspecified atom stereocenters. The van der Waals surface area contributed by atoms with E-state index in [1.54, 1.807) is 38.1 Å². The topological polar surface area (TPSA) is 64.6 Å². The van der Waals surface area contributed by atoms with Crippen molar-refractivity contribution in [2.24, 2.45) is 0 Å². The number of benzene rings is 1. The Labute approximate surface area is 120 Å². The van der Waals surface area contributed by atoms with Crippen molar-refractivity contribution in [1.29, 1.82) is 0 Å². The molecule has 0 saturated carbocycles. The van der Waals surface area contributed by atoms with Gasteiger partial charge >= 0.3 is 7.60 Å². The molecular weight excluding hydrogens is 277 g/mol. The zero-order chi connectivity index (χ0) is 15.0. The van der Waals surface area contributed by atoms with Gasteiger partial charge in [0.1, 0.15) is 5.75 Å². The van der Waals surface area contributed by atoms with E-state index < -0.39 is 13.6 Å². The highest BCUT2D eigenvalue weighted by molar-refractivity contribution is 7.54. The molecule has 20 heavy (non-hydrogen) atoms. The third-order valence-electron chi connectivity index (χ3n) is 2.69. The highest BCUT2D eigenvalue weighted by Crippen LogP contribution is 2.47. The lowest BCUT2D eigenvalue weighted by molar-refractivity contribution is -0.122. The van der Waals surface area contributed by atoms with E-state index in [1.165, 1.54) is 0 Å². The molecule has 0 fully saturated rings. The van der Waals surface area contributed by atoms with Crippen LogP contribution in [-0.4, -0.2) is 18.0 Å². The number of rotatable bonds is 9. The van der Waals surface area contributed by atoms with Gasteiger partial charge in [0, 0.05) is 6.42 Å². The summed E-state index contributed by atoms with van der Waals surface area (Å²) in [6, 6.07) is 8.35. The summed E-state index contributed by atoms with van der Waals surface area (Å²) in [7, 11) is -3.31. The van der Waals surface area contributed by atoms with Gasteiger partial charge in [-0.25, -0.2) is 9.19 Å². The Kier molecular flexibility index (Phi) is 6.93. The summed E-state index contributed by atoms with van der Waals surface area (Å²) in [6.45, 7) is 5.34. The van der Waals surface area contributed by atoms with Crippen LogP contribution in [0.4, 0.5) is 0 Å². The molecule has 0 saturated heterocycles. The Balaban J connectivity index is 2.67. The van der Waals surface area contributed by atoms with Crippen LogP contribution >= 0.6 is 7.60 Å². The molecule has 5 nitrogen and oxygen atoms in total. The molecule has 0 radical (unpaired) electrons. The first-order valence-electron chi connectivity index (χ1n) is 6.81. The van der Waals surface area contributed by atoms with E-state index in [2.05, 4.69) is 5.48 Å². The second kappa shape index (κ2) is 8.20. The predicted molar refractivity (Wildman–Crippen MR) is 78.8 cm³/mol. The summed E-state index contributed by atoms with van der Waals surface area (Å²) in [5.41, 5.74) is 2.54. The molecule has 0 heterocycles. The first kappa shape index (κ1) is 16.9. The lowest BCUT2D eigenvalue weighted by Crippen LogP contribution is -2.33. The minimum atomic E-state index is -3.31. The Hall–Kier alpha value is -1.16. The van der Waals surface area contributed by atoms with E-state index in [1.807, 2.05) is 13.0 Å². The molecular formula is C14H22NO4P. The zero-order valence-electron chi connectivity index (χ0n) is 12.2. The highest BCUT2D eigenvalue weighted by atomic mass is 31.2. The Bertz CT molecular complexity index is 464. The quantitative estimate of drug-likeness (QED) is 0.558. The van der Waals surface area contributed by atoms with Crippen LogP contribution in [0.2, 0.25) is 0 Å². The number of Topliss-reactive ketones (excluding diaryl/α,β-unsaturated/α-hetero) is 1. The molecule has 1 N–H and O–H groups in total. The van der Waals surface area contributed by atoms with Gasteiger partial charge in [-0.1, -0.05) is 32.0 Å². The molecule has 6 heteroatoms. The maximum Gasteiger partial charge on any atom is 0.395 e. The van der Waals surface area contributed by atoms with Crippen molar-refractivity contribution < 1.29 is 18.5 Å². The van der Waals surface area contributed by atoms with Gasteiger partial charge in [-0.15, -0.1) is 0 Å². The fourth-order valence-corrected chi connectivity index (χ4v) is 3.09. The molecule has 1 aromatic carbocycles. The molecule has 0 amide bonds. The summed E-state index contributed by atoms with van der Waals surface area (Å²) in [6.07, 6.45) is 1.33. The molecule has 1 aromatic rings. The monoisotopic (exact) mass is 299 g/mol. The SMILES string of the molecule is CCCP(=O)(ON[C@H](C)C(=O)CC)Oc1ccccc1. The maximum atomic E-state index is 12.6. The Morgan fingerprint density at radius 3 is 2.50 bits per heavy atom. The maximum absolute atomic E-state index is 12.6. The van der Waals surface area contributed by atoms with E-state index >= 15 is 0 Å². The Morgan fingerprint density at radius 1 is 1.30 bits per heavy atom. The number of nitrogens with one attached hydrogen (secondary N) is 1. The summed E-state index contributed by atoms with van der Waals surface area (Å²) in [5.74, 6) is 0.480. The van der Waals surface area contributed by atoms with Gasteiger partial charge in [-0.2, -0.15) is 5.48 Å². The van der Waals surface area contributed by atoms with Crippen LogP contribution in [0.15, 0.2) is 30.3 Å². The second-order valence-corrected chi connectivity index (χ2v) is 6.52. The summed E-state index contributed by atoms with van der Waals surface area (Å²) in [5, 5.41) is 0. The van der Waals surface area contributed by atoms with Gasteiger partial charge in [-0.05, 0) is 25.5 Å². The van der Waals surface area contributed by atoms with Crippen molar-refractivity contribution in [3.8, 4) is 5.75 Å². The first-order valence-corrected chi connectivity index (χ1v) is 8.54. The normalized spacial score (nSPS) is 15.3. The summed E-state index contributed by atoms with van der Waals surface area (Å²) < 4.78 is 23.3. The van der Waals surface area contributed by atoms with Gasteiger partial charge in [0.05, 0.1) is 12.2 Å². The number of para-hydroxylation sites is 1. The number of carbonyl (C=O) groups is 1. The van der Waals surface area contributed by atoms with Crippen LogP contribution in [0, 0.1) is 0 Å². The smallest absolute Gasteiger partial charge is 0.395 e. The van der Waals surface area contributed by atoms with E-state index in [0.29, 0.717) is 18.6 Å². The van der Waals surface area contributed by atoms with Crippen LogP contribution in [0.25, 0.3) is 0 Å². The lowest BCUT2D eigenvalue weighted by Gasteiger charge is -2.20. The van der Waals surface area contributed by atoms with Crippen molar-refractivity contribution in [1.82, 2.24) is 5.48 Å². The van der Waals surface area contributed by atoms with E-state index in [4.69, 9.17) is 9.15 Å². The fourth-order valence-electron chi connectivity index (χ4n) is 1.56. The first-order chi connectivity index (χ1) is 9.50. The van der Waals surface area contributed by atoms with Gasteiger partial charge in [0.25, 0.3) is 0 Å². The number of carbonyl (C=O) groups excluding carboxylic acids is 1. The van der Waals surface area contributed by atoms with Gasteiger partial charge in [-0.3, -0.25) is 4.79 Å². The number of hydroxylamine groups is 1. The largest absolute Gasteiger partial charge is 0.423 e. The predicted octanol–water partition coefficient (Wildman–Crippen LogP) is 3.56. The number of hydrogen-bond acceptors (Lipinski definition) is 5. The fraction of sp³-hybridized carbons (Fsp3) is 0.500. The Morgan fingerprint density at radius 2 is 1.95 bits per heavy atom. The molecule has 1 rings (SSSR count). The molecule has 0 aromatic heterocycles. The number of hydrogen-bond donors (Lipinski definition) is 1. The zero-order valence-corrected chi connectivity index (χ0v) is 13.1. The van der Waals surface area contributed by atoms with Crippen molar-refractivity contribution in [2.75, 3.05) is 6.16 Å². The summed E-state index contributed by atoms with van der Waals surface area (Å²) in [4.78, 5) is 11.5. The molecule has 0 aliphatic carbocycles. The van der Waals surface area contributed by atoms with Crippen LogP contribution in [0.5, 0.6) is 5.75 Å². The third kappa shape index (κ3) is 5.45. The van der Waals surface area contributed by atoms with Crippen LogP contribution in [-0.2, 0) is 14.0 Å². The van der Waals surface area contributed by atoms with Crippen molar-refractivity contribution >= 4 is 13.4 Å². The van der Waals surface area contributed by atoms with Crippen LogP contribution in [0.1, 0.15) is 33.6 Å². The lowest BCUT2D eigenvalue weighted by atomic mass is 10.2. The minimum Gasteiger partial charge on any atom is -0.423 e.